The van der Waals surface area contributed by atoms with Crippen molar-refractivity contribution in [2.24, 2.45) is 0 Å². The number of halogens is 1. The summed E-state index contributed by atoms with van der Waals surface area (Å²) >= 11 is 7.48. The van der Waals surface area contributed by atoms with E-state index in [0.717, 1.165) is 41.0 Å². The molecule has 0 saturated carbocycles. The molecule has 1 aromatic carbocycles. The number of piperidine rings is 1. The summed E-state index contributed by atoms with van der Waals surface area (Å²) in [4.78, 5) is 51.7. The highest BCUT2D eigenvalue weighted by Crippen LogP contribution is 2.25. The monoisotopic (exact) mass is 540 g/mol. The van der Waals surface area contributed by atoms with Crippen LogP contribution in [0.25, 0.3) is 10.9 Å². The second kappa shape index (κ2) is 10.3. The van der Waals surface area contributed by atoms with Crippen LogP contribution in [0.3, 0.4) is 0 Å². The van der Waals surface area contributed by atoms with Crippen molar-refractivity contribution < 1.29 is 14.4 Å². The van der Waals surface area contributed by atoms with E-state index < -0.39 is 6.04 Å². The molecule has 0 aliphatic carbocycles. The highest BCUT2D eigenvalue weighted by molar-refractivity contribution is 7.13. The maximum atomic E-state index is 13.2. The number of thiazole rings is 1. The Morgan fingerprint density at radius 3 is 2.73 bits per heavy atom. The zero-order chi connectivity index (χ0) is 26.3. The number of H-pyrrole nitrogens is 1. The largest absolute Gasteiger partial charge is 0.351 e. The first-order valence-corrected chi connectivity index (χ1v) is 13.4. The van der Waals surface area contributed by atoms with Gasteiger partial charge in [-0.3, -0.25) is 14.4 Å². The normalized spacial score (nSPS) is 19.9. The smallest absolute Gasteiger partial charge is 0.280 e. The average molecular weight is 541 g/mol. The Morgan fingerprint density at radius 2 is 1.95 bits per heavy atom. The molecule has 4 heterocycles. The summed E-state index contributed by atoms with van der Waals surface area (Å²) in [5, 5.41) is 7.94. The minimum atomic E-state index is -0.490. The quantitative estimate of drug-likeness (QED) is 0.431. The van der Waals surface area contributed by atoms with Crippen molar-refractivity contribution in [1.82, 2.24) is 30.4 Å². The molecule has 0 spiro atoms. The summed E-state index contributed by atoms with van der Waals surface area (Å²) in [5.74, 6) is -0.746. The van der Waals surface area contributed by atoms with Crippen LogP contribution in [0.1, 0.15) is 44.2 Å². The van der Waals surface area contributed by atoms with Crippen LogP contribution in [0, 0.1) is 0 Å². The van der Waals surface area contributed by atoms with E-state index in [0.29, 0.717) is 34.3 Å². The Bertz CT molecular complexity index is 1400. The van der Waals surface area contributed by atoms with Gasteiger partial charge < -0.3 is 25.4 Å². The van der Waals surface area contributed by atoms with Crippen molar-refractivity contribution in [3.63, 3.8) is 0 Å². The van der Waals surface area contributed by atoms with Crippen molar-refractivity contribution in [2.45, 2.75) is 38.4 Å². The summed E-state index contributed by atoms with van der Waals surface area (Å²) in [6.07, 6.45) is 1.30. The topological polar surface area (TPSA) is 110 Å². The van der Waals surface area contributed by atoms with Gasteiger partial charge in [-0.15, -0.1) is 11.3 Å². The van der Waals surface area contributed by atoms with Crippen molar-refractivity contribution in [3.05, 3.63) is 62.7 Å². The van der Waals surface area contributed by atoms with Crippen LogP contribution in [0.2, 0.25) is 5.02 Å². The number of carbonyl (C=O) groups excluding carboxylic acids is 3. The lowest BCUT2D eigenvalue weighted by Crippen LogP contribution is -2.61. The Morgan fingerprint density at radius 1 is 1.16 bits per heavy atom. The lowest BCUT2D eigenvalue weighted by Gasteiger charge is -2.39. The molecular formula is C26H29ClN6O3S. The summed E-state index contributed by atoms with van der Waals surface area (Å²) in [7, 11) is 2.05. The van der Waals surface area contributed by atoms with E-state index in [9.17, 15) is 14.4 Å². The fourth-order valence-corrected chi connectivity index (χ4v) is 6.12. The maximum Gasteiger partial charge on any atom is 0.280 e. The molecule has 194 valence electrons. The molecule has 2 aliphatic rings. The number of aromatic nitrogens is 2. The third-order valence-electron chi connectivity index (χ3n) is 6.84. The van der Waals surface area contributed by atoms with E-state index in [-0.39, 0.29) is 30.3 Å². The number of benzene rings is 1. The molecule has 0 radical (unpaired) electrons. The van der Waals surface area contributed by atoms with E-state index >= 15 is 0 Å². The first-order chi connectivity index (χ1) is 17.7. The third kappa shape index (κ3) is 5.41. The van der Waals surface area contributed by atoms with E-state index in [1.807, 2.05) is 13.1 Å². The SMILES string of the molecule is C=C(C)C(=O)N1CC[C@H](NC(=O)c2cc3cc(Cl)ccc3[nH]2)[C@H](NC(=O)c2nc3c(s2)CN(C)CC3)C1. The molecule has 2 aromatic heterocycles. The van der Waals surface area contributed by atoms with Crippen LogP contribution >= 0.6 is 22.9 Å². The highest BCUT2D eigenvalue weighted by Gasteiger charge is 2.35. The molecular weight excluding hydrogens is 512 g/mol. The summed E-state index contributed by atoms with van der Waals surface area (Å²) < 4.78 is 0. The highest BCUT2D eigenvalue weighted by atomic mass is 35.5. The van der Waals surface area contributed by atoms with Gasteiger partial charge in [-0.05, 0) is 44.7 Å². The standard InChI is InChI=1S/C26H29ClN6O3S/c1-14(2)26(36)33-9-7-18(29-23(34)20-11-15-10-16(27)4-5-17(15)28-20)21(12-33)30-24(35)25-31-19-6-8-32(3)13-22(19)37-25/h4-5,10-11,18,21,28H,1,6-9,12-13H2,2-3H3,(H,29,34)(H,30,35)/t18-,21+/m0/s1. The predicted molar refractivity (Wildman–Crippen MR) is 144 cm³/mol. The van der Waals surface area contributed by atoms with Crippen LogP contribution in [0.15, 0.2) is 36.4 Å². The van der Waals surface area contributed by atoms with Gasteiger partial charge in [0.2, 0.25) is 5.91 Å². The molecule has 3 N–H and O–H groups in total. The summed E-state index contributed by atoms with van der Waals surface area (Å²) in [5.41, 5.74) is 2.61. The number of carbonyl (C=O) groups is 3. The van der Waals surface area contributed by atoms with Gasteiger partial charge in [0.05, 0.1) is 17.8 Å². The van der Waals surface area contributed by atoms with E-state index in [2.05, 4.69) is 32.1 Å². The molecule has 1 saturated heterocycles. The molecule has 2 aliphatic heterocycles. The second-order valence-corrected chi connectivity index (χ2v) is 11.3. The first kappa shape index (κ1) is 25.4. The summed E-state index contributed by atoms with van der Waals surface area (Å²) in [6, 6.07) is 6.26. The van der Waals surface area contributed by atoms with Crippen LogP contribution in [0.4, 0.5) is 0 Å². The van der Waals surface area contributed by atoms with Gasteiger partial charge in [0, 0.05) is 59.0 Å². The number of hydrogen-bond acceptors (Lipinski definition) is 6. The Kier molecular flexibility index (Phi) is 7.06. The Labute approximate surface area is 223 Å². The van der Waals surface area contributed by atoms with E-state index in [4.69, 9.17) is 11.6 Å². The first-order valence-electron chi connectivity index (χ1n) is 12.2. The minimum Gasteiger partial charge on any atom is -0.351 e. The number of fused-ring (bicyclic) bond motifs is 2. The lowest BCUT2D eigenvalue weighted by atomic mass is 9.98. The molecule has 37 heavy (non-hydrogen) atoms. The van der Waals surface area contributed by atoms with Gasteiger partial charge in [-0.1, -0.05) is 18.2 Å². The van der Waals surface area contributed by atoms with Crippen LogP contribution in [-0.4, -0.2) is 76.3 Å². The van der Waals surface area contributed by atoms with Crippen molar-refractivity contribution in [3.8, 4) is 0 Å². The van der Waals surface area contributed by atoms with Crippen molar-refractivity contribution >= 4 is 51.6 Å². The summed E-state index contributed by atoms with van der Waals surface area (Å²) in [6.45, 7) is 7.83. The second-order valence-electron chi connectivity index (χ2n) is 9.77. The maximum absolute atomic E-state index is 13.2. The fraction of sp³-hybridized carbons (Fsp3) is 0.385. The number of hydrogen-bond donors (Lipinski definition) is 3. The molecule has 0 unspecified atom stereocenters. The van der Waals surface area contributed by atoms with Crippen molar-refractivity contribution in [1.29, 1.82) is 0 Å². The van der Waals surface area contributed by atoms with Gasteiger partial charge in [-0.2, -0.15) is 0 Å². The third-order valence-corrected chi connectivity index (χ3v) is 8.16. The van der Waals surface area contributed by atoms with Crippen LogP contribution < -0.4 is 10.6 Å². The molecule has 9 nitrogen and oxygen atoms in total. The predicted octanol–water partition coefficient (Wildman–Crippen LogP) is 2.97. The van der Waals surface area contributed by atoms with Gasteiger partial charge in [0.25, 0.3) is 11.8 Å². The number of nitrogens with zero attached hydrogens (tertiary/aromatic N) is 3. The zero-order valence-corrected chi connectivity index (χ0v) is 22.3. The van der Waals surface area contributed by atoms with E-state index in [1.54, 1.807) is 30.0 Å². The van der Waals surface area contributed by atoms with Gasteiger partial charge in [0.15, 0.2) is 5.01 Å². The fourth-order valence-electron chi connectivity index (χ4n) is 4.85. The minimum absolute atomic E-state index is 0.163. The van der Waals surface area contributed by atoms with Crippen LogP contribution in [0.5, 0.6) is 0 Å². The molecule has 5 rings (SSSR count). The number of amides is 3. The molecule has 3 amide bonds. The number of nitrogens with one attached hydrogen (secondary N) is 3. The molecule has 3 aromatic rings. The molecule has 0 bridgehead atoms. The Balaban J connectivity index is 1.34. The molecule has 11 heteroatoms. The Hall–Kier alpha value is -3.21. The average Bonchev–Trinajstić information content (AvgIpc) is 3.48. The van der Waals surface area contributed by atoms with Gasteiger partial charge >= 0.3 is 0 Å². The molecule has 2 atom stereocenters. The number of likely N-dealkylation sites (tertiary alicyclic amines) is 1. The van der Waals surface area contributed by atoms with Gasteiger partial charge in [-0.25, -0.2) is 4.98 Å². The molecule has 1 fully saturated rings. The number of likely N-dealkylation sites (N-methyl/N-ethyl adjacent to an activating group) is 1. The van der Waals surface area contributed by atoms with Gasteiger partial charge in [0.1, 0.15) is 5.69 Å². The lowest BCUT2D eigenvalue weighted by molar-refractivity contribution is -0.128. The van der Waals surface area contributed by atoms with E-state index in [1.165, 1.54) is 11.3 Å². The number of rotatable bonds is 5. The van der Waals surface area contributed by atoms with Crippen molar-refractivity contribution in [2.75, 3.05) is 26.7 Å². The number of aromatic amines is 1. The zero-order valence-electron chi connectivity index (χ0n) is 20.8. The van der Waals surface area contributed by atoms with Crippen LogP contribution in [-0.2, 0) is 17.8 Å².